The Morgan fingerprint density at radius 3 is 2.33 bits per heavy atom. The SMILES string of the molecule is Cc1ccc(C(C)C)cc1Oc1ccc([C@@H](C)N)c(Br)c1. The Hall–Kier alpha value is -1.32. The molecule has 0 fully saturated rings. The molecule has 0 aliphatic carbocycles. The van der Waals surface area contributed by atoms with Gasteiger partial charge < -0.3 is 10.5 Å². The Morgan fingerprint density at radius 2 is 1.76 bits per heavy atom. The molecule has 0 aliphatic rings. The smallest absolute Gasteiger partial charge is 0.130 e. The lowest BCUT2D eigenvalue weighted by molar-refractivity contribution is 0.477. The number of hydrogen-bond acceptors (Lipinski definition) is 2. The highest BCUT2D eigenvalue weighted by Gasteiger charge is 2.09. The van der Waals surface area contributed by atoms with Gasteiger partial charge in [-0.25, -0.2) is 0 Å². The predicted octanol–water partition coefficient (Wildman–Crippen LogP) is 5.69. The van der Waals surface area contributed by atoms with Gasteiger partial charge in [0.15, 0.2) is 0 Å². The van der Waals surface area contributed by atoms with Gasteiger partial charge >= 0.3 is 0 Å². The topological polar surface area (TPSA) is 35.2 Å². The van der Waals surface area contributed by atoms with Crippen LogP contribution in [0, 0.1) is 6.92 Å². The summed E-state index contributed by atoms with van der Waals surface area (Å²) < 4.78 is 7.02. The van der Waals surface area contributed by atoms with E-state index in [1.54, 1.807) is 0 Å². The van der Waals surface area contributed by atoms with Crippen molar-refractivity contribution < 1.29 is 4.74 Å². The van der Waals surface area contributed by atoms with Gasteiger partial charge in [-0.15, -0.1) is 0 Å². The largest absolute Gasteiger partial charge is 0.457 e. The van der Waals surface area contributed by atoms with Crippen molar-refractivity contribution in [3.05, 3.63) is 57.6 Å². The average Bonchev–Trinajstić information content (AvgIpc) is 2.40. The van der Waals surface area contributed by atoms with Crippen molar-refractivity contribution in [2.45, 2.75) is 39.7 Å². The van der Waals surface area contributed by atoms with Crippen LogP contribution in [0.1, 0.15) is 49.4 Å². The van der Waals surface area contributed by atoms with E-state index < -0.39 is 0 Å². The zero-order chi connectivity index (χ0) is 15.6. The van der Waals surface area contributed by atoms with Crippen LogP contribution in [0.25, 0.3) is 0 Å². The highest BCUT2D eigenvalue weighted by Crippen LogP contribution is 2.32. The molecule has 0 radical (unpaired) electrons. The third-order valence-corrected chi connectivity index (χ3v) is 4.26. The molecule has 2 nitrogen and oxygen atoms in total. The molecule has 0 saturated heterocycles. The van der Waals surface area contributed by atoms with Gasteiger partial charge in [-0.3, -0.25) is 0 Å². The second-order valence-electron chi connectivity index (χ2n) is 5.75. The summed E-state index contributed by atoms with van der Waals surface area (Å²) in [5.41, 5.74) is 9.41. The Kier molecular flexibility index (Phi) is 5.07. The molecular weight excluding hydrogens is 326 g/mol. The predicted molar refractivity (Wildman–Crippen MR) is 92.1 cm³/mol. The molecule has 0 aromatic heterocycles. The molecule has 112 valence electrons. The van der Waals surface area contributed by atoms with Gasteiger partial charge in [0.1, 0.15) is 11.5 Å². The monoisotopic (exact) mass is 347 g/mol. The summed E-state index contributed by atoms with van der Waals surface area (Å²) in [6, 6.07) is 12.3. The fourth-order valence-electron chi connectivity index (χ4n) is 2.15. The van der Waals surface area contributed by atoms with Crippen LogP contribution in [0.3, 0.4) is 0 Å². The van der Waals surface area contributed by atoms with Crippen LogP contribution in [0.2, 0.25) is 0 Å². The Labute approximate surface area is 135 Å². The molecule has 0 saturated carbocycles. The van der Waals surface area contributed by atoms with Crippen molar-refractivity contribution in [1.82, 2.24) is 0 Å². The van der Waals surface area contributed by atoms with E-state index in [0.717, 1.165) is 27.1 Å². The maximum Gasteiger partial charge on any atom is 0.130 e. The summed E-state index contributed by atoms with van der Waals surface area (Å²) in [7, 11) is 0. The molecular formula is C18H22BrNO. The first-order chi connectivity index (χ1) is 9.88. The second kappa shape index (κ2) is 6.63. The van der Waals surface area contributed by atoms with E-state index in [2.05, 4.69) is 54.9 Å². The number of ether oxygens (including phenoxy) is 1. The molecule has 2 rings (SSSR count). The minimum absolute atomic E-state index is 0.000528. The second-order valence-corrected chi connectivity index (χ2v) is 6.61. The maximum atomic E-state index is 6.04. The van der Waals surface area contributed by atoms with E-state index in [4.69, 9.17) is 10.5 Å². The van der Waals surface area contributed by atoms with Gasteiger partial charge in [0.25, 0.3) is 0 Å². The van der Waals surface area contributed by atoms with Crippen LogP contribution in [-0.2, 0) is 0 Å². The first-order valence-corrected chi connectivity index (χ1v) is 8.01. The summed E-state index contributed by atoms with van der Waals surface area (Å²) in [5.74, 6) is 2.21. The van der Waals surface area contributed by atoms with Crippen LogP contribution in [0.15, 0.2) is 40.9 Å². The van der Waals surface area contributed by atoms with Gasteiger partial charge in [-0.05, 0) is 54.7 Å². The van der Waals surface area contributed by atoms with E-state index >= 15 is 0 Å². The molecule has 0 unspecified atom stereocenters. The number of aryl methyl sites for hydroxylation is 1. The molecule has 0 amide bonds. The van der Waals surface area contributed by atoms with Crippen LogP contribution in [-0.4, -0.2) is 0 Å². The summed E-state index contributed by atoms with van der Waals surface area (Å²) in [6.07, 6.45) is 0. The maximum absolute atomic E-state index is 6.04. The van der Waals surface area contributed by atoms with Crippen molar-refractivity contribution in [3.8, 4) is 11.5 Å². The summed E-state index contributed by atoms with van der Waals surface area (Å²) in [4.78, 5) is 0. The molecule has 0 aliphatic heterocycles. The number of rotatable bonds is 4. The minimum Gasteiger partial charge on any atom is -0.457 e. The summed E-state index contributed by atoms with van der Waals surface area (Å²) >= 11 is 3.56. The number of nitrogens with two attached hydrogens (primary N) is 1. The van der Waals surface area contributed by atoms with Gasteiger partial charge in [-0.1, -0.05) is 48.0 Å². The van der Waals surface area contributed by atoms with E-state index in [0.29, 0.717) is 5.92 Å². The number of benzene rings is 2. The number of halogens is 1. The molecule has 2 aromatic carbocycles. The van der Waals surface area contributed by atoms with Crippen LogP contribution >= 0.6 is 15.9 Å². The van der Waals surface area contributed by atoms with Crippen LogP contribution < -0.4 is 10.5 Å². The van der Waals surface area contributed by atoms with Crippen molar-refractivity contribution in [1.29, 1.82) is 0 Å². The van der Waals surface area contributed by atoms with E-state index in [1.807, 2.05) is 25.1 Å². The Bertz CT molecular complexity index is 635. The molecule has 21 heavy (non-hydrogen) atoms. The Morgan fingerprint density at radius 1 is 1.05 bits per heavy atom. The van der Waals surface area contributed by atoms with Gasteiger partial charge in [0.05, 0.1) is 0 Å². The highest BCUT2D eigenvalue weighted by atomic mass is 79.9. The molecule has 3 heteroatoms. The van der Waals surface area contributed by atoms with Crippen molar-refractivity contribution >= 4 is 15.9 Å². The minimum atomic E-state index is -0.000528. The lowest BCUT2D eigenvalue weighted by Crippen LogP contribution is -2.05. The van der Waals surface area contributed by atoms with E-state index in [9.17, 15) is 0 Å². The fourth-order valence-corrected chi connectivity index (χ4v) is 2.87. The fraction of sp³-hybridized carbons (Fsp3) is 0.333. The zero-order valence-corrected chi connectivity index (χ0v) is 14.6. The van der Waals surface area contributed by atoms with Crippen LogP contribution in [0.4, 0.5) is 0 Å². The zero-order valence-electron chi connectivity index (χ0n) is 13.0. The molecule has 2 N–H and O–H groups in total. The van der Waals surface area contributed by atoms with Crippen molar-refractivity contribution in [3.63, 3.8) is 0 Å². The van der Waals surface area contributed by atoms with Gasteiger partial charge in [-0.2, -0.15) is 0 Å². The average molecular weight is 348 g/mol. The molecule has 2 aromatic rings. The lowest BCUT2D eigenvalue weighted by atomic mass is 10.0. The molecule has 0 heterocycles. The van der Waals surface area contributed by atoms with E-state index in [-0.39, 0.29) is 6.04 Å². The third kappa shape index (κ3) is 3.86. The number of hydrogen-bond donors (Lipinski definition) is 1. The quantitative estimate of drug-likeness (QED) is 0.770. The lowest BCUT2D eigenvalue weighted by Gasteiger charge is -2.14. The van der Waals surface area contributed by atoms with Gasteiger partial charge in [0.2, 0.25) is 0 Å². The summed E-state index contributed by atoms with van der Waals surface area (Å²) in [6.45, 7) is 8.40. The highest BCUT2D eigenvalue weighted by molar-refractivity contribution is 9.10. The molecule has 0 bridgehead atoms. The first-order valence-electron chi connectivity index (χ1n) is 7.22. The first kappa shape index (κ1) is 16.1. The summed E-state index contributed by atoms with van der Waals surface area (Å²) in [5, 5.41) is 0. The standard InChI is InChI=1S/C18H22BrNO/c1-11(2)14-6-5-12(3)18(9-14)21-15-7-8-16(13(4)20)17(19)10-15/h5-11,13H,20H2,1-4H3/t13-/m1/s1. The normalized spacial score (nSPS) is 12.5. The van der Waals surface area contributed by atoms with Gasteiger partial charge in [0, 0.05) is 10.5 Å². The third-order valence-electron chi connectivity index (χ3n) is 3.57. The van der Waals surface area contributed by atoms with Crippen LogP contribution in [0.5, 0.6) is 11.5 Å². The van der Waals surface area contributed by atoms with Crippen molar-refractivity contribution in [2.75, 3.05) is 0 Å². The van der Waals surface area contributed by atoms with Crippen molar-refractivity contribution in [2.24, 2.45) is 5.73 Å². The molecule has 0 spiro atoms. The van der Waals surface area contributed by atoms with E-state index in [1.165, 1.54) is 5.56 Å². The molecule has 1 atom stereocenters. The Balaban J connectivity index is 2.30.